The number of nitrogens with zero attached hydrogens (tertiary/aromatic N) is 1. The number of rotatable bonds is 4. The van der Waals surface area contributed by atoms with Gasteiger partial charge < -0.3 is 35.7 Å². The van der Waals surface area contributed by atoms with Crippen molar-refractivity contribution in [1.29, 1.82) is 0 Å². The smallest absolute Gasteiger partial charge is 0.408 e. The van der Waals surface area contributed by atoms with Crippen LogP contribution in [0.15, 0.2) is 42.5 Å². The van der Waals surface area contributed by atoms with E-state index in [0.29, 0.717) is 18.5 Å². The van der Waals surface area contributed by atoms with Gasteiger partial charge in [-0.3, -0.25) is 14.4 Å². The van der Waals surface area contributed by atoms with Crippen molar-refractivity contribution in [3.63, 3.8) is 0 Å². The molecule has 1 saturated heterocycles. The van der Waals surface area contributed by atoms with Crippen molar-refractivity contribution >= 4 is 40.7 Å². The van der Waals surface area contributed by atoms with Gasteiger partial charge in [0.2, 0.25) is 11.8 Å². The van der Waals surface area contributed by atoms with Gasteiger partial charge in [0.05, 0.1) is 0 Å². The minimum Gasteiger partial charge on any atom is -0.479 e. The number of amides is 4. The molecule has 5 N–H and O–H groups in total. The van der Waals surface area contributed by atoms with Gasteiger partial charge in [0.25, 0.3) is 5.91 Å². The molecule has 1 saturated carbocycles. The SMILES string of the molecule is CC(C)(C)OC(=O)N[C@H]1CCCCCC=C[C@@H]2C[C@@]2(C(=O)O)NC(=O)[C@@H]2C[C@@H](NC(=O)c3cc4ccccc4[nH]3)CN2C1=O. The first-order valence-corrected chi connectivity index (χ1v) is 15.3. The third-order valence-electron chi connectivity index (χ3n) is 8.46. The number of H-pyrrole nitrogens is 1. The normalized spacial score (nSPS) is 27.8. The van der Waals surface area contributed by atoms with E-state index in [1.807, 2.05) is 36.4 Å². The lowest BCUT2D eigenvalue weighted by molar-refractivity contribution is -0.145. The van der Waals surface area contributed by atoms with Gasteiger partial charge in [-0.05, 0) is 65.0 Å². The fourth-order valence-corrected chi connectivity index (χ4v) is 6.11. The molecule has 5 atom stereocenters. The largest absolute Gasteiger partial charge is 0.479 e. The Morgan fingerprint density at radius 1 is 1.09 bits per heavy atom. The highest BCUT2D eigenvalue weighted by atomic mass is 16.6. The Hall–Kier alpha value is -4.35. The third kappa shape index (κ3) is 6.89. The second-order valence-electron chi connectivity index (χ2n) is 13.0. The zero-order chi connectivity index (χ0) is 31.6. The first kappa shape index (κ1) is 31.1. The maximum Gasteiger partial charge on any atom is 0.408 e. The summed E-state index contributed by atoms with van der Waals surface area (Å²) in [5, 5.41) is 19.3. The maximum atomic E-state index is 14.1. The molecule has 12 nitrogen and oxygen atoms in total. The molecule has 1 aromatic heterocycles. The highest BCUT2D eigenvalue weighted by Crippen LogP contribution is 2.45. The molecule has 3 aliphatic rings. The Balaban J connectivity index is 1.40. The van der Waals surface area contributed by atoms with Gasteiger partial charge in [-0.25, -0.2) is 9.59 Å². The molecule has 2 aliphatic heterocycles. The number of allylic oxidation sites excluding steroid dienone is 1. The number of hydrogen-bond donors (Lipinski definition) is 5. The molecule has 0 bridgehead atoms. The van der Waals surface area contributed by atoms with Crippen molar-refractivity contribution < 1.29 is 33.8 Å². The number of benzene rings is 1. The van der Waals surface area contributed by atoms with E-state index in [2.05, 4.69) is 20.9 Å². The van der Waals surface area contributed by atoms with Crippen LogP contribution < -0.4 is 16.0 Å². The Morgan fingerprint density at radius 3 is 2.59 bits per heavy atom. The molecule has 2 fully saturated rings. The average Bonchev–Trinajstić information content (AvgIpc) is 3.27. The summed E-state index contributed by atoms with van der Waals surface area (Å²) < 4.78 is 5.42. The molecular formula is C32H41N5O7. The van der Waals surface area contributed by atoms with E-state index in [9.17, 15) is 29.1 Å². The second kappa shape index (κ2) is 12.3. The molecule has 2 aromatic rings. The first-order chi connectivity index (χ1) is 20.9. The van der Waals surface area contributed by atoms with E-state index in [1.54, 1.807) is 26.8 Å². The lowest BCUT2D eigenvalue weighted by atomic mass is 10.0. The van der Waals surface area contributed by atoms with Gasteiger partial charge in [0.15, 0.2) is 0 Å². The number of aromatic nitrogens is 1. The Kier molecular flexibility index (Phi) is 8.71. The third-order valence-corrected chi connectivity index (χ3v) is 8.46. The van der Waals surface area contributed by atoms with Crippen molar-refractivity contribution in [2.45, 2.75) is 95.0 Å². The molecule has 44 heavy (non-hydrogen) atoms. The molecule has 3 heterocycles. The van der Waals surface area contributed by atoms with Crippen LogP contribution in [-0.2, 0) is 19.1 Å². The molecule has 12 heteroatoms. The highest BCUT2D eigenvalue weighted by Gasteiger charge is 2.61. The number of fused-ring (bicyclic) bond motifs is 3. The van der Waals surface area contributed by atoms with Crippen LogP contribution in [0.1, 0.15) is 76.2 Å². The summed E-state index contributed by atoms with van der Waals surface area (Å²) in [7, 11) is 0. The van der Waals surface area contributed by atoms with E-state index >= 15 is 0 Å². The average molecular weight is 608 g/mol. The van der Waals surface area contributed by atoms with E-state index < -0.39 is 53.1 Å². The van der Waals surface area contributed by atoms with Crippen molar-refractivity contribution in [1.82, 2.24) is 25.8 Å². The van der Waals surface area contributed by atoms with Gasteiger partial charge in [0, 0.05) is 29.4 Å². The maximum absolute atomic E-state index is 14.1. The van der Waals surface area contributed by atoms with E-state index in [0.717, 1.165) is 30.2 Å². The fraction of sp³-hybridized carbons (Fsp3) is 0.531. The van der Waals surface area contributed by atoms with E-state index in [4.69, 9.17) is 4.74 Å². The molecule has 1 aromatic carbocycles. The molecule has 236 valence electrons. The predicted octanol–water partition coefficient (Wildman–Crippen LogP) is 3.24. The van der Waals surface area contributed by atoms with Crippen LogP contribution in [0, 0.1) is 5.92 Å². The zero-order valence-electron chi connectivity index (χ0n) is 25.4. The fourth-order valence-electron chi connectivity index (χ4n) is 6.11. The van der Waals surface area contributed by atoms with Crippen molar-refractivity contribution in [3.05, 3.63) is 48.2 Å². The summed E-state index contributed by atoms with van der Waals surface area (Å²) >= 11 is 0. The lowest BCUT2D eigenvalue weighted by Gasteiger charge is -2.30. The molecule has 0 radical (unpaired) electrons. The highest BCUT2D eigenvalue weighted by molar-refractivity contribution is 5.99. The molecule has 0 spiro atoms. The minimum atomic E-state index is -1.44. The minimum absolute atomic E-state index is 0.0127. The number of ether oxygens (including phenoxy) is 1. The Labute approximate surface area is 255 Å². The van der Waals surface area contributed by atoms with Crippen LogP contribution in [0.4, 0.5) is 4.79 Å². The van der Waals surface area contributed by atoms with Crippen LogP contribution >= 0.6 is 0 Å². The molecule has 1 aliphatic carbocycles. The first-order valence-electron chi connectivity index (χ1n) is 15.3. The number of aromatic amines is 1. The summed E-state index contributed by atoms with van der Waals surface area (Å²) in [5.41, 5.74) is -1.08. The van der Waals surface area contributed by atoms with Crippen LogP contribution in [0.5, 0.6) is 0 Å². The van der Waals surface area contributed by atoms with Gasteiger partial charge in [-0.15, -0.1) is 0 Å². The molecule has 4 amide bonds. The number of hydrogen-bond acceptors (Lipinski definition) is 6. The summed E-state index contributed by atoms with van der Waals surface area (Å²) in [4.78, 5) is 70.5. The lowest BCUT2D eigenvalue weighted by Crippen LogP contribution is -2.56. The topological polar surface area (TPSA) is 170 Å². The Bertz CT molecular complexity index is 1440. The van der Waals surface area contributed by atoms with Crippen molar-refractivity contribution in [2.75, 3.05) is 6.54 Å². The standard InChI is InChI=1S/C32H41N5O7/c1-31(2,3)44-30(43)35-23-14-8-6-4-5-7-12-20-17-32(20,29(41)42)36-27(39)25-16-21(18-37(25)28(23)40)33-26(38)24-15-19-11-9-10-13-22(19)34-24/h7,9-13,15,20-21,23,25,34H,4-6,8,14,16-18H2,1-3H3,(H,33,38)(H,35,43)(H,36,39)(H,41,42)/t20-,21-,23+,25+,32-/m1/s1. The molecule has 0 unspecified atom stereocenters. The monoisotopic (exact) mass is 607 g/mol. The van der Waals surface area contributed by atoms with Gasteiger partial charge in [0.1, 0.15) is 28.9 Å². The number of carboxylic acids is 1. The number of alkyl carbamates (subject to hydrolysis) is 1. The second-order valence-corrected chi connectivity index (χ2v) is 13.0. The number of aliphatic carboxylic acids is 1. The van der Waals surface area contributed by atoms with Gasteiger partial charge in [-0.2, -0.15) is 0 Å². The summed E-state index contributed by atoms with van der Waals surface area (Å²) in [6.07, 6.45) is 6.74. The van der Waals surface area contributed by atoms with E-state index in [1.165, 1.54) is 4.90 Å². The van der Waals surface area contributed by atoms with Crippen LogP contribution in [0.3, 0.4) is 0 Å². The zero-order valence-corrected chi connectivity index (χ0v) is 25.4. The number of nitrogens with one attached hydrogen (secondary N) is 4. The van der Waals surface area contributed by atoms with E-state index in [-0.39, 0.29) is 31.2 Å². The quantitative estimate of drug-likeness (QED) is 0.332. The van der Waals surface area contributed by atoms with Gasteiger partial charge in [-0.1, -0.05) is 43.2 Å². The molecule has 5 rings (SSSR count). The molecular weight excluding hydrogens is 566 g/mol. The summed E-state index contributed by atoms with van der Waals surface area (Å²) in [6.45, 7) is 5.19. The number of carbonyl (C=O) groups is 5. The summed E-state index contributed by atoms with van der Waals surface area (Å²) in [5.74, 6) is -2.96. The number of para-hydroxylation sites is 1. The Morgan fingerprint density at radius 2 is 1.86 bits per heavy atom. The van der Waals surface area contributed by atoms with Gasteiger partial charge >= 0.3 is 12.1 Å². The van der Waals surface area contributed by atoms with Crippen LogP contribution in [0.25, 0.3) is 10.9 Å². The van der Waals surface area contributed by atoms with Crippen LogP contribution in [0.2, 0.25) is 0 Å². The van der Waals surface area contributed by atoms with Crippen molar-refractivity contribution in [2.24, 2.45) is 5.92 Å². The van der Waals surface area contributed by atoms with Crippen molar-refractivity contribution in [3.8, 4) is 0 Å². The predicted molar refractivity (Wildman–Crippen MR) is 162 cm³/mol. The number of carbonyl (C=O) groups excluding carboxylic acids is 4. The summed E-state index contributed by atoms with van der Waals surface area (Å²) in [6, 6.07) is 6.59. The van der Waals surface area contributed by atoms with Crippen LogP contribution in [-0.4, -0.2) is 80.6 Å². The number of carboxylic acid groups (broad SMARTS) is 1.